The average Bonchev–Trinajstić information content (AvgIpc) is 2.82. The fraction of sp³-hybridized carbons (Fsp3) is 0.462. The first-order valence-corrected chi connectivity index (χ1v) is 13.5. The number of sulfonamides is 1. The summed E-state index contributed by atoms with van der Waals surface area (Å²) in [6, 6.07) is 11.5. The molecule has 10 heteroatoms. The third-order valence-electron chi connectivity index (χ3n) is 5.62. The van der Waals surface area contributed by atoms with E-state index in [0.717, 1.165) is 21.7 Å². The molecule has 2 aromatic rings. The Balaban J connectivity index is 2.44. The van der Waals surface area contributed by atoms with Gasteiger partial charge in [-0.05, 0) is 37.5 Å². The highest BCUT2D eigenvalue weighted by molar-refractivity contribution is 7.92. The highest BCUT2D eigenvalue weighted by Gasteiger charge is 2.31. The molecule has 198 valence electrons. The zero-order valence-electron chi connectivity index (χ0n) is 22.1. The molecule has 0 aliphatic rings. The van der Waals surface area contributed by atoms with Gasteiger partial charge in [0.25, 0.3) is 0 Å². The number of rotatable bonds is 12. The number of carbonyl (C=O) groups is 2. The van der Waals surface area contributed by atoms with Crippen LogP contribution in [-0.4, -0.2) is 64.7 Å². The molecule has 9 nitrogen and oxygen atoms in total. The maximum Gasteiger partial charge on any atom is 0.244 e. The van der Waals surface area contributed by atoms with Crippen LogP contribution in [0.1, 0.15) is 31.9 Å². The summed E-state index contributed by atoms with van der Waals surface area (Å²) in [4.78, 5) is 27.9. The van der Waals surface area contributed by atoms with E-state index in [9.17, 15) is 18.0 Å². The van der Waals surface area contributed by atoms with E-state index in [1.54, 1.807) is 19.1 Å². The summed E-state index contributed by atoms with van der Waals surface area (Å²) in [6.45, 7) is 7.65. The van der Waals surface area contributed by atoms with Crippen LogP contribution in [-0.2, 0) is 26.2 Å². The molecule has 36 heavy (non-hydrogen) atoms. The summed E-state index contributed by atoms with van der Waals surface area (Å²) in [7, 11) is -0.985. The van der Waals surface area contributed by atoms with Crippen LogP contribution in [0.15, 0.2) is 42.5 Å². The Bertz CT molecular complexity index is 1170. The van der Waals surface area contributed by atoms with Crippen LogP contribution in [0.5, 0.6) is 11.5 Å². The van der Waals surface area contributed by atoms with Crippen molar-refractivity contribution < 1.29 is 27.5 Å². The van der Waals surface area contributed by atoms with Crippen molar-refractivity contribution >= 4 is 27.5 Å². The highest BCUT2D eigenvalue weighted by Crippen LogP contribution is 2.33. The second-order valence-corrected chi connectivity index (χ2v) is 11.0. The first-order chi connectivity index (χ1) is 16.9. The largest absolute Gasteiger partial charge is 0.497 e. The normalized spacial score (nSPS) is 12.1. The summed E-state index contributed by atoms with van der Waals surface area (Å²) in [5, 5.41) is 2.86. The zero-order valence-corrected chi connectivity index (χ0v) is 22.9. The third-order valence-corrected chi connectivity index (χ3v) is 6.75. The van der Waals surface area contributed by atoms with Crippen LogP contribution in [0.3, 0.4) is 0 Å². The van der Waals surface area contributed by atoms with E-state index in [4.69, 9.17) is 9.47 Å². The molecule has 0 unspecified atom stereocenters. The summed E-state index contributed by atoms with van der Waals surface area (Å²) in [5.41, 5.74) is 2.04. The van der Waals surface area contributed by atoms with Gasteiger partial charge in [-0.25, -0.2) is 8.42 Å². The molecule has 0 heterocycles. The molecule has 0 bridgehead atoms. The second kappa shape index (κ2) is 12.6. The van der Waals surface area contributed by atoms with Gasteiger partial charge in [-0.3, -0.25) is 13.9 Å². The third kappa shape index (κ3) is 7.87. The van der Waals surface area contributed by atoms with Crippen molar-refractivity contribution in [3.8, 4) is 11.5 Å². The van der Waals surface area contributed by atoms with Crippen LogP contribution in [0, 0.1) is 12.8 Å². The Morgan fingerprint density at radius 1 is 1.03 bits per heavy atom. The van der Waals surface area contributed by atoms with Crippen molar-refractivity contribution in [3.05, 3.63) is 53.6 Å². The number of benzene rings is 2. The number of nitrogens with one attached hydrogen (secondary N) is 1. The van der Waals surface area contributed by atoms with Crippen LogP contribution in [0.25, 0.3) is 0 Å². The van der Waals surface area contributed by atoms with E-state index in [1.165, 1.54) is 25.2 Å². The molecule has 0 saturated heterocycles. The number of amides is 2. The Kier molecular flexibility index (Phi) is 10.2. The number of aryl methyl sites for hydroxylation is 1. The maximum atomic E-state index is 13.6. The minimum atomic E-state index is -3.88. The number of hydrogen-bond acceptors (Lipinski definition) is 6. The van der Waals surface area contributed by atoms with Crippen molar-refractivity contribution in [1.82, 2.24) is 10.2 Å². The minimum absolute atomic E-state index is 0.147. The average molecular weight is 520 g/mol. The Labute approximate surface area is 214 Å². The Morgan fingerprint density at radius 3 is 2.28 bits per heavy atom. The topological polar surface area (TPSA) is 105 Å². The second-order valence-electron chi connectivity index (χ2n) is 9.13. The number of ether oxygens (including phenoxy) is 2. The van der Waals surface area contributed by atoms with Crippen LogP contribution in [0.4, 0.5) is 5.69 Å². The van der Waals surface area contributed by atoms with E-state index < -0.39 is 28.5 Å². The van der Waals surface area contributed by atoms with Gasteiger partial charge in [0.2, 0.25) is 21.8 Å². The lowest BCUT2D eigenvalue weighted by Gasteiger charge is -2.32. The lowest BCUT2D eigenvalue weighted by atomic mass is 10.1. The van der Waals surface area contributed by atoms with Crippen LogP contribution < -0.4 is 19.1 Å². The molecule has 2 rings (SSSR count). The molecule has 0 spiro atoms. The number of hydrogen-bond donors (Lipinski definition) is 1. The van der Waals surface area contributed by atoms with Gasteiger partial charge in [-0.2, -0.15) is 0 Å². The SMILES string of the molecule is COc1ccc(N(CC(=O)N(Cc2cccc(C)c2)[C@@H](C)C(=O)NCC(C)C)S(C)(=O)=O)c(OC)c1. The fourth-order valence-electron chi connectivity index (χ4n) is 3.63. The molecule has 0 aliphatic carbocycles. The van der Waals surface area contributed by atoms with E-state index in [2.05, 4.69) is 5.32 Å². The molecule has 0 aliphatic heterocycles. The van der Waals surface area contributed by atoms with Gasteiger partial charge in [0.1, 0.15) is 24.1 Å². The molecule has 1 N–H and O–H groups in total. The highest BCUT2D eigenvalue weighted by atomic mass is 32.2. The van der Waals surface area contributed by atoms with Crippen molar-refractivity contribution in [3.63, 3.8) is 0 Å². The van der Waals surface area contributed by atoms with Gasteiger partial charge >= 0.3 is 0 Å². The zero-order chi connectivity index (χ0) is 27.0. The van der Waals surface area contributed by atoms with Crippen molar-refractivity contribution in [2.75, 3.05) is 37.9 Å². The standard InChI is InChI=1S/C26H37N3O6S/c1-18(2)15-27-26(31)20(4)28(16-21-10-8-9-19(3)13-21)25(30)17-29(36(7,32)33)23-12-11-22(34-5)14-24(23)35-6/h8-14,18,20H,15-17H2,1-7H3,(H,27,31)/t20-/m0/s1. The summed E-state index contributed by atoms with van der Waals surface area (Å²) < 4.78 is 37.1. The fourth-order valence-corrected chi connectivity index (χ4v) is 4.48. The lowest BCUT2D eigenvalue weighted by Crippen LogP contribution is -2.51. The van der Waals surface area contributed by atoms with Gasteiger partial charge in [0.05, 0.1) is 26.2 Å². The van der Waals surface area contributed by atoms with Crippen molar-refractivity contribution in [1.29, 1.82) is 0 Å². The molecule has 2 aromatic carbocycles. The predicted octanol–water partition coefficient (Wildman–Crippen LogP) is 2.97. The van der Waals surface area contributed by atoms with Crippen molar-refractivity contribution in [2.24, 2.45) is 5.92 Å². The molecule has 0 aromatic heterocycles. The predicted molar refractivity (Wildman–Crippen MR) is 141 cm³/mol. The van der Waals surface area contributed by atoms with E-state index in [1.807, 2.05) is 45.0 Å². The van der Waals surface area contributed by atoms with E-state index in [-0.39, 0.29) is 29.8 Å². The Morgan fingerprint density at radius 2 is 1.72 bits per heavy atom. The molecule has 2 amide bonds. The summed E-state index contributed by atoms with van der Waals surface area (Å²) >= 11 is 0. The first-order valence-electron chi connectivity index (χ1n) is 11.7. The molecular formula is C26H37N3O6S. The first kappa shape index (κ1) is 29.0. The number of anilines is 1. The van der Waals surface area contributed by atoms with Gasteiger partial charge in [-0.15, -0.1) is 0 Å². The van der Waals surface area contributed by atoms with Crippen LogP contribution in [0.2, 0.25) is 0 Å². The van der Waals surface area contributed by atoms with E-state index in [0.29, 0.717) is 12.3 Å². The lowest BCUT2D eigenvalue weighted by molar-refractivity contribution is -0.139. The van der Waals surface area contributed by atoms with Crippen LogP contribution >= 0.6 is 0 Å². The molecule has 0 saturated carbocycles. The van der Waals surface area contributed by atoms with Gasteiger partial charge < -0.3 is 19.7 Å². The number of methoxy groups -OCH3 is 2. The number of carbonyl (C=O) groups excluding carboxylic acids is 2. The molecule has 1 atom stereocenters. The summed E-state index contributed by atoms with van der Waals surface area (Å²) in [6.07, 6.45) is 1.02. The van der Waals surface area contributed by atoms with Crippen molar-refractivity contribution in [2.45, 2.75) is 40.3 Å². The quantitative estimate of drug-likeness (QED) is 0.462. The molecular weight excluding hydrogens is 482 g/mol. The molecule has 0 fully saturated rings. The monoisotopic (exact) mass is 519 g/mol. The van der Waals surface area contributed by atoms with Gasteiger partial charge in [0, 0.05) is 19.2 Å². The minimum Gasteiger partial charge on any atom is -0.497 e. The number of nitrogens with zero attached hydrogens (tertiary/aromatic N) is 2. The van der Waals surface area contributed by atoms with Gasteiger partial charge in [-0.1, -0.05) is 43.7 Å². The Hall–Kier alpha value is -3.27. The van der Waals surface area contributed by atoms with Gasteiger partial charge in [0.15, 0.2) is 0 Å². The summed E-state index contributed by atoms with van der Waals surface area (Å²) in [5.74, 6) is 0.127. The molecule has 0 radical (unpaired) electrons. The van der Waals surface area contributed by atoms with E-state index >= 15 is 0 Å². The smallest absolute Gasteiger partial charge is 0.244 e. The maximum absolute atomic E-state index is 13.6.